The minimum Gasteiger partial charge on any atom is -0.396 e. The lowest BCUT2D eigenvalue weighted by atomic mass is 9.81. The van der Waals surface area contributed by atoms with E-state index in [0.717, 1.165) is 18.4 Å². The fraction of sp³-hybridized carbons (Fsp3) is 0.562. The van der Waals surface area contributed by atoms with Crippen LogP contribution in [-0.2, 0) is 16.0 Å². The molecule has 0 atom stereocenters. The topological polar surface area (TPSA) is 58.6 Å². The average molecular weight is 312 g/mol. The molecule has 1 aromatic carbocycles. The molecule has 1 aliphatic rings. The monoisotopic (exact) mass is 311 g/mol. The number of amides is 1. The molecule has 0 aliphatic carbocycles. The van der Waals surface area contributed by atoms with Gasteiger partial charge in [0.15, 0.2) is 0 Å². The average Bonchev–Trinajstić information content (AvgIpc) is 2.52. The quantitative estimate of drug-likeness (QED) is 0.846. The number of aryl methyl sites for hydroxylation is 1. The Bertz CT molecular complexity index is 472. The summed E-state index contributed by atoms with van der Waals surface area (Å²) in [4.78, 5) is 11.9. The molecule has 0 bridgehead atoms. The van der Waals surface area contributed by atoms with Gasteiger partial charge >= 0.3 is 0 Å². The van der Waals surface area contributed by atoms with Crippen LogP contribution < -0.4 is 5.32 Å². The maximum atomic E-state index is 11.9. The van der Waals surface area contributed by atoms with Gasteiger partial charge < -0.3 is 15.2 Å². The van der Waals surface area contributed by atoms with Gasteiger partial charge in [-0.3, -0.25) is 4.79 Å². The minimum atomic E-state index is -0.218. The van der Waals surface area contributed by atoms with Crippen molar-refractivity contribution < 1.29 is 14.6 Å². The van der Waals surface area contributed by atoms with E-state index < -0.39 is 0 Å². The van der Waals surface area contributed by atoms with Crippen molar-refractivity contribution in [2.75, 3.05) is 26.4 Å². The Morgan fingerprint density at radius 2 is 2.14 bits per heavy atom. The zero-order chi connectivity index (χ0) is 15.1. The van der Waals surface area contributed by atoms with Crippen LogP contribution >= 0.6 is 11.6 Å². The van der Waals surface area contributed by atoms with Crippen molar-refractivity contribution in [1.82, 2.24) is 5.32 Å². The molecule has 1 fully saturated rings. The highest BCUT2D eigenvalue weighted by atomic mass is 35.5. The molecule has 0 unspecified atom stereocenters. The SMILES string of the molecule is O=C(CCc1cccc(Cl)c1)NCC1(CO)CCOCC1. The Hall–Kier alpha value is -1.10. The molecule has 2 N–H and O–H groups in total. The number of halogens is 1. The van der Waals surface area contributed by atoms with E-state index in [4.69, 9.17) is 16.3 Å². The highest BCUT2D eigenvalue weighted by molar-refractivity contribution is 6.30. The molecule has 1 saturated heterocycles. The van der Waals surface area contributed by atoms with Gasteiger partial charge in [-0.2, -0.15) is 0 Å². The first-order valence-corrected chi connectivity index (χ1v) is 7.71. The summed E-state index contributed by atoms with van der Waals surface area (Å²) in [6.45, 7) is 1.91. The summed E-state index contributed by atoms with van der Waals surface area (Å²) in [5.74, 6) is 0.00860. The van der Waals surface area contributed by atoms with E-state index >= 15 is 0 Å². The summed E-state index contributed by atoms with van der Waals surface area (Å²) in [5.41, 5.74) is 0.838. The lowest BCUT2D eigenvalue weighted by molar-refractivity contribution is -0.122. The Labute approximate surface area is 130 Å². The van der Waals surface area contributed by atoms with Gasteiger partial charge in [-0.25, -0.2) is 0 Å². The molecule has 0 spiro atoms. The molecular weight excluding hydrogens is 290 g/mol. The van der Waals surface area contributed by atoms with Crippen LogP contribution in [0.15, 0.2) is 24.3 Å². The third kappa shape index (κ3) is 4.99. The molecule has 5 heteroatoms. The predicted octanol–water partition coefficient (Wildman–Crippen LogP) is 2.18. The highest BCUT2D eigenvalue weighted by Crippen LogP contribution is 2.28. The van der Waals surface area contributed by atoms with Gasteiger partial charge in [0.2, 0.25) is 5.91 Å². The molecule has 1 amide bonds. The van der Waals surface area contributed by atoms with Crippen LogP contribution in [0.4, 0.5) is 0 Å². The van der Waals surface area contributed by atoms with E-state index in [9.17, 15) is 9.90 Å². The van der Waals surface area contributed by atoms with Crippen LogP contribution in [0.3, 0.4) is 0 Å². The number of aliphatic hydroxyl groups is 1. The molecule has 2 rings (SSSR count). The van der Waals surface area contributed by atoms with Gasteiger partial charge in [0.05, 0.1) is 6.61 Å². The van der Waals surface area contributed by atoms with Gasteiger partial charge in [0, 0.05) is 36.6 Å². The Balaban J connectivity index is 1.76. The third-order valence-electron chi connectivity index (χ3n) is 4.08. The second-order valence-corrected chi connectivity index (χ2v) is 6.11. The normalized spacial score (nSPS) is 17.4. The highest BCUT2D eigenvalue weighted by Gasteiger charge is 2.32. The van der Waals surface area contributed by atoms with Crippen LogP contribution in [0.1, 0.15) is 24.8 Å². The predicted molar refractivity (Wildman–Crippen MR) is 82.4 cm³/mol. The molecule has 116 valence electrons. The Morgan fingerprint density at radius 3 is 2.81 bits per heavy atom. The number of hydrogen-bond acceptors (Lipinski definition) is 3. The fourth-order valence-corrected chi connectivity index (χ4v) is 2.73. The Morgan fingerprint density at radius 1 is 1.38 bits per heavy atom. The van der Waals surface area contributed by atoms with E-state index in [2.05, 4.69) is 5.32 Å². The smallest absolute Gasteiger partial charge is 0.220 e. The third-order valence-corrected chi connectivity index (χ3v) is 4.31. The van der Waals surface area contributed by atoms with Crippen molar-refractivity contribution >= 4 is 17.5 Å². The van der Waals surface area contributed by atoms with Gasteiger partial charge in [0.1, 0.15) is 0 Å². The summed E-state index contributed by atoms with van der Waals surface area (Å²) >= 11 is 5.92. The summed E-state index contributed by atoms with van der Waals surface area (Å²) in [6.07, 6.45) is 2.68. The molecule has 21 heavy (non-hydrogen) atoms. The Kier molecular flexibility index (Phi) is 6.03. The molecular formula is C16H22ClNO3. The second-order valence-electron chi connectivity index (χ2n) is 5.68. The molecule has 0 radical (unpaired) electrons. The summed E-state index contributed by atoms with van der Waals surface area (Å²) < 4.78 is 5.31. The van der Waals surface area contributed by atoms with Crippen molar-refractivity contribution in [3.05, 3.63) is 34.9 Å². The summed E-state index contributed by atoms with van der Waals surface area (Å²) in [5, 5.41) is 13.2. The maximum absolute atomic E-state index is 11.9. The van der Waals surface area contributed by atoms with E-state index in [1.54, 1.807) is 0 Å². The first-order valence-electron chi connectivity index (χ1n) is 7.33. The molecule has 0 aromatic heterocycles. The van der Waals surface area contributed by atoms with E-state index in [-0.39, 0.29) is 17.9 Å². The van der Waals surface area contributed by atoms with Crippen LogP contribution in [0.2, 0.25) is 5.02 Å². The fourth-order valence-electron chi connectivity index (χ4n) is 2.52. The van der Waals surface area contributed by atoms with Gasteiger partial charge in [-0.1, -0.05) is 23.7 Å². The standard InChI is InChI=1S/C16H22ClNO3/c17-14-3-1-2-13(10-14)4-5-15(20)18-11-16(12-19)6-8-21-9-7-16/h1-3,10,19H,4-9,11-12H2,(H,18,20). The number of carbonyl (C=O) groups is 1. The molecule has 1 aromatic rings. The lowest BCUT2D eigenvalue weighted by Gasteiger charge is -2.35. The van der Waals surface area contributed by atoms with Gasteiger partial charge in [-0.05, 0) is 37.0 Å². The number of hydrogen-bond donors (Lipinski definition) is 2. The zero-order valence-electron chi connectivity index (χ0n) is 12.1. The number of carbonyl (C=O) groups excluding carboxylic acids is 1. The van der Waals surface area contributed by atoms with E-state index in [0.29, 0.717) is 37.6 Å². The molecule has 0 saturated carbocycles. The van der Waals surface area contributed by atoms with E-state index in [1.807, 2.05) is 24.3 Å². The van der Waals surface area contributed by atoms with E-state index in [1.165, 1.54) is 0 Å². The molecule has 1 heterocycles. The summed E-state index contributed by atoms with van der Waals surface area (Å²) in [7, 11) is 0. The van der Waals surface area contributed by atoms with Crippen molar-refractivity contribution in [3.8, 4) is 0 Å². The number of rotatable bonds is 6. The van der Waals surface area contributed by atoms with Crippen LogP contribution in [0.5, 0.6) is 0 Å². The second kappa shape index (κ2) is 7.78. The van der Waals surface area contributed by atoms with Crippen molar-refractivity contribution in [1.29, 1.82) is 0 Å². The largest absolute Gasteiger partial charge is 0.396 e. The lowest BCUT2D eigenvalue weighted by Crippen LogP contribution is -2.43. The van der Waals surface area contributed by atoms with Gasteiger partial charge in [0.25, 0.3) is 0 Å². The van der Waals surface area contributed by atoms with Crippen LogP contribution in [-0.4, -0.2) is 37.4 Å². The van der Waals surface area contributed by atoms with Crippen molar-refractivity contribution in [2.45, 2.75) is 25.7 Å². The van der Waals surface area contributed by atoms with Gasteiger partial charge in [-0.15, -0.1) is 0 Å². The number of benzene rings is 1. The number of nitrogens with one attached hydrogen (secondary N) is 1. The van der Waals surface area contributed by atoms with Crippen molar-refractivity contribution in [3.63, 3.8) is 0 Å². The minimum absolute atomic E-state index is 0.00860. The van der Waals surface area contributed by atoms with Crippen LogP contribution in [0, 0.1) is 5.41 Å². The maximum Gasteiger partial charge on any atom is 0.220 e. The molecule has 4 nitrogen and oxygen atoms in total. The van der Waals surface area contributed by atoms with Crippen molar-refractivity contribution in [2.24, 2.45) is 5.41 Å². The first kappa shape index (κ1) is 16.3. The molecule has 1 aliphatic heterocycles. The number of aliphatic hydroxyl groups excluding tert-OH is 1. The number of ether oxygens (including phenoxy) is 1. The zero-order valence-corrected chi connectivity index (χ0v) is 12.9. The first-order chi connectivity index (χ1) is 10.1. The summed E-state index contributed by atoms with van der Waals surface area (Å²) in [6, 6.07) is 7.55. The van der Waals surface area contributed by atoms with Crippen LogP contribution in [0.25, 0.3) is 0 Å².